The van der Waals surface area contributed by atoms with Crippen LogP contribution in [0, 0.1) is 55.4 Å². The van der Waals surface area contributed by atoms with Gasteiger partial charge in [0.05, 0.1) is 36.0 Å². The average molecular weight is 1960 g/mol. The molecule has 0 radical (unpaired) electrons. The SMILES string of the molecule is CCOC(=O)COc1ccc(CCl)cc1.CCOC(=O)COc1ccc(Cn2c(-c3ccc(OCc4ccccc4)cc3)c(C)c3cc(C)ccc32)cc1.Cc1ccc(C(=O)C(C)Br)cc1.Cc1ccc([NH3+])cc1.Cc1ccc2[nH]c(-c3ccc(OCc4ccccc4)cc3)c(C)c2c1.Cc1ccc2c(c1)c(C)c(-c1ccc(OCc3ccccc3)cc1)n2Cc1ccc(OCCO)cc1.[AlH3].[Cl-].[H-].[Li+]. The van der Waals surface area contributed by atoms with Crippen molar-refractivity contribution < 1.29 is 95.8 Å². The summed E-state index contributed by atoms with van der Waals surface area (Å²) in [6.45, 7) is 26.4. The summed E-state index contributed by atoms with van der Waals surface area (Å²) in [5.41, 5.74) is 33.1. The number of aromatic amines is 1. The third kappa shape index (κ3) is 32.2. The van der Waals surface area contributed by atoms with Crippen LogP contribution in [0.4, 0.5) is 5.69 Å². The molecule has 1 unspecified atom stereocenters. The second-order valence-corrected chi connectivity index (χ2v) is 34.5. The van der Waals surface area contributed by atoms with Gasteiger partial charge in [-0.05, 0) is 301 Å². The van der Waals surface area contributed by atoms with Gasteiger partial charge in [-0.3, -0.25) is 4.79 Å². The van der Waals surface area contributed by atoms with Gasteiger partial charge in [0.25, 0.3) is 0 Å². The van der Waals surface area contributed by atoms with Gasteiger partial charge in [-0.25, -0.2) is 9.59 Å². The maximum Gasteiger partial charge on any atom is 1.00 e. The molecule has 0 aliphatic carbocycles. The molecule has 0 aliphatic rings. The zero-order valence-electron chi connectivity index (χ0n) is 81.1. The molecule has 0 aliphatic heterocycles. The summed E-state index contributed by atoms with van der Waals surface area (Å²) in [7, 11) is 0. The minimum Gasteiger partial charge on any atom is -1.00 e. The van der Waals surface area contributed by atoms with Crippen LogP contribution in [0.25, 0.3) is 66.5 Å². The number of aryl methyl sites for hydroxylation is 8. The Hall–Kier alpha value is -12.8. The first kappa shape index (κ1) is 109. The van der Waals surface area contributed by atoms with Crippen LogP contribution < -0.4 is 65.4 Å². The molecular weight excluding hydrogens is 1840 g/mol. The monoisotopic (exact) mass is 1960 g/mol. The molecule has 14 aromatic carbocycles. The minimum absolute atomic E-state index is 0. The maximum atomic E-state index is 11.6. The Morgan fingerprint density at radius 2 is 0.732 bits per heavy atom. The number of benzene rings is 14. The number of carbonyl (C=O) groups excluding carboxylic acids is 3. The summed E-state index contributed by atoms with van der Waals surface area (Å²) in [5, 5.41) is 12.8. The zero-order valence-corrected chi connectivity index (χ0v) is 83.2. The predicted molar refractivity (Wildman–Crippen MR) is 562 cm³/mol. The molecule has 3 heterocycles. The van der Waals surface area contributed by atoms with E-state index in [1.165, 1.54) is 111 Å². The summed E-state index contributed by atoms with van der Waals surface area (Å²) in [6, 6.07) is 115. The molecule has 5 N–H and O–H groups in total. The van der Waals surface area contributed by atoms with E-state index in [0.717, 1.165) is 74.2 Å². The van der Waals surface area contributed by atoms with E-state index in [4.69, 9.17) is 54.6 Å². The van der Waals surface area contributed by atoms with Gasteiger partial charge in [0.2, 0.25) is 0 Å². The van der Waals surface area contributed by atoms with Crippen molar-refractivity contribution in [2.45, 2.75) is 120 Å². The quantitative estimate of drug-likeness (QED) is 0.0167. The molecule has 0 saturated heterocycles. The van der Waals surface area contributed by atoms with Crippen molar-refractivity contribution in [2.75, 3.05) is 39.6 Å². The number of esters is 2. The van der Waals surface area contributed by atoms with Crippen LogP contribution in [0.1, 0.15) is 110 Å². The van der Waals surface area contributed by atoms with Gasteiger partial charge in [0, 0.05) is 62.9 Å². The number of quaternary nitrogens is 1. The third-order valence-corrected chi connectivity index (χ3v) is 23.1. The normalized spacial score (nSPS) is 10.7. The molecule has 21 heteroatoms. The Morgan fingerprint density at radius 3 is 1.09 bits per heavy atom. The molecule has 708 valence electrons. The number of carbonyl (C=O) groups is 3. The summed E-state index contributed by atoms with van der Waals surface area (Å²) < 4.78 is 48.7. The van der Waals surface area contributed by atoms with E-state index >= 15 is 0 Å². The molecule has 17 rings (SSSR count). The molecule has 17 aromatic rings. The Bertz CT molecular complexity index is 6620. The number of ketones is 1. The number of aliphatic hydroxyl groups is 1. The summed E-state index contributed by atoms with van der Waals surface area (Å²) in [5.74, 6) is 4.51. The minimum atomic E-state index is -0.368. The van der Waals surface area contributed by atoms with E-state index in [0.29, 0.717) is 63.6 Å². The average Bonchev–Trinajstić information content (AvgIpc) is 1.63. The van der Waals surface area contributed by atoms with E-state index in [-0.39, 0.29) is 92.4 Å². The zero-order chi connectivity index (χ0) is 95.5. The first-order valence-corrected chi connectivity index (χ1v) is 46.8. The number of nitrogens with zero attached hydrogens (tertiary/aromatic N) is 2. The Balaban J connectivity index is 0.000000217. The molecule has 16 nitrogen and oxygen atoms in total. The van der Waals surface area contributed by atoms with Crippen molar-refractivity contribution in [3.8, 4) is 68.3 Å². The fourth-order valence-electron chi connectivity index (χ4n) is 15.2. The van der Waals surface area contributed by atoms with Crippen molar-refractivity contribution >= 4 is 101 Å². The number of fused-ring (bicyclic) bond motifs is 3. The topological polar surface area (TPSA) is 199 Å². The van der Waals surface area contributed by atoms with Crippen LogP contribution in [-0.2, 0) is 57.9 Å². The molecule has 1 atom stereocenters. The van der Waals surface area contributed by atoms with Crippen molar-refractivity contribution in [3.05, 3.63) is 423 Å². The third-order valence-electron chi connectivity index (χ3n) is 22.4. The first-order chi connectivity index (χ1) is 65.5. The van der Waals surface area contributed by atoms with Crippen LogP contribution >= 0.6 is 27.5 Å². The van der Waals surface area contributed by atoms with Gasteiger partial charge in [0.1, 0.15) is 66.6 Å². The maximum absolute atomic E-state index is 11.6. The van der Waals surface area contributed by atoms with E-state index in [2.05, 4.69) is 248 Å². The summed E-state index contributed by atoms with van der Waals surface area (Å²) in [6.07, 6.45) is 0. The van der Waals surface area contributed by atoms with Gasteiger partial charge < -0.3 is 76.7 Å². The fraction of sp³-hybridized carbons (Fsp3) is 0.205. The van der Waals surface area contributed by atoms with E-state index in [1.54, 1.807) is 26.0 Å². The van der Waals surface area contributed by atoms with Gasteiger partial charge >= 0.3 is 30.8 Å². The molecule has 0 bridgehead atoms. The predicted octanol–water partition coefficient (Wildman–Crippen LogP) is 19.6. The van der Waals surface area contributed by atoms with Crippen LogP contribution in [0.3, 0.4) is 0 Å². The van der Waals surface area contributed by atoms with Crippen LogP contribution in [0.15, 0.2) is 340 Å². The number of hydrogen-bond acceptors (Lipinski definition) is 12. The summed E-state index contributed by atoms with van der Waals surface area (Å²) >= 11 is 8.88. The number of halogens is 3. The van der Waals surface area contributed by atoms with Gasteiger partial charge in [-0.2, -0.15) is 0 Å². The molecular formula is C117H123AlBrCl2LiN4O12. The fourth-order valence-corrected chi connectivity index (χ4v) is 15.7. The Kier molecular flexibility index (Phi) is 43.8. The Morgan fingerprint density at radius 1 is 0.399 bits per heavy atom. The number of aromatic nitrogens is 3. The van der Waals surface area contributed by atoms with E-state index in [1.807, 2.05) is 178 Å². The molecule has 0 amide bonds. The molecule has 0 fully saturated rings. The number of rotatable bonds is 30. The van der Waals surface area contributed by atoms with E-state index in [9.17, 15) is 14.4 Å². The summed E-state index contributed by atoms with van der Waals surface area (Å²) in [4.78, 5) is 37.4. The van der Waals surface area contributed by atoms with Crippen molar-refractivity contribution in [1.82, 2.24) is 14.1 Å². The van der Waals surface area contributed by atoms with Crippen LogP contribution in [-0.4, -0.2) is 98.8 Å². The number of Topliss-reactive ketones (excluding diaryl/α,β-unsaturated/α-hetero) is 1. The van der Waals surface area contributed by atoms with E-state index < -0.39 is 0 Å². The van der Waals surface area contributed by atoms with Crippen LogP contribution in [0.2, 0.25) is 0 Å². The molecule has 3 aromatic heterocycles. The van der Waals surface area contributed by atoms with Gasteiger partial charge in [-0.15, -0.1) is 11.6 Å². The second-order valence-electron chi connectivity index (χ2n) is 32.9. The largest absolute Gasteiger partial charge is 1.00 e. The van der Waals surface area contributed by atoms with Crippen LogP contribution in [0.5, 0.6) is 34.5 Å². The first-order valence-electron chi connectivity index (χ1n) is 45.4. The molecule has 0 saturated carbocycles. The van der Waals surface area contributed by atoms with Crippen molar-refractivity contribution in [1.29, 1.82) is 0 Å². The smallest absolute Gasteiger partial charge is 1.00 e. The Labute approximate surface area is 855 Å². The number of H-pyrrole nitrogens is 1. The number of hydrogen-bond donors (Lipinski definition) is 3. The second kappa shape index (κ2) is 55.6. The standard InChI is InChI=1S/C34H33NO4.C32H31NO3.C23H21NO.C11H13ClO3.C10H11BrO.C7H9N.Al.ClH.Li.4H/c1-4-37-33(36)23-39-29-15-11-26(12-16-29)21-35-32-19-10-24(2)20-31(32)25(3)34(35)28-13-17-30(18-14-28)38-22-27-8-6-5-7-9-27;1-23-8-17-31-30(20-23)24(2)32(33(31)21-25-9-13-28(14-10-25)35-19-18-34)27-11-15-29(16-12-27)36-22-26-6-4-3-5-7-26;1-16-8-13-22-21(14-16)17(2)23(24-22)19-9-11-20(12-10-19)25-15-18-6-4-3-5-7-18;1-2-14-11(13)8-15-10-5-3-9(7-12)4-6-10;1-7-3-5-9(6-4-7)10(12)8(2)11;1-6-2-4-7(8)5-3-6;;;;;;;/h5-20H,4,21-23H2,1-3H3;3-17,20,34H,18-19,21-22H2,1-2H3;3-14,24H,15H2,1-2H3;3-6H,2,7-8H2,1H3;3-6,8H,1-2H3;2-5H,8H2,1H3;;1H;;;;;/q;;;;;;;;+1;;;;-1. The molecule has 138 heavy (non-hydrogen) atoms. The van der Waals surface area contributed by atoms with Gasteiger partial charge in [-0.1, -0.05) is 226 Å². The van der Waals surface area contributed by atoms with Crippen molar-refractivity contribution in [3.63, 3.8) is 0 Å². The van der Waals surface area contributed by atoms with Crippen molar-refractivity contribution in [2.24, 2.45) is 0 Å². The van der Waals surface area contributed by atoms with Gasteiger partial charge in [0.15, 0.2) is 36.4 Å². The number of aliphatic hydroxyl groups excluding tert-OH is 1. The number of nitrogens with one attached hydrogen (secondary N) is 1. The number of alkyl halides is 2. The molecule has 0 spiro atoms. The number of ether oxygens (including phenoxy) is 8.